The highest BCUT2D eigenvalue weighted by molar-refractivity contribution is 7.99. The number of hydrogen-bond acceptors (Lipinski definition) is 4. The fraction of sp³-hybridized carbons (Fsp3) is 0.118. The number of thioether (sulfide) groups is 1. The third-order valence-electron chi connectivity index (χ3n) is 3.40. The first-order chi connectivity index (χ1) is 11.6. The molecule has 0 fully saturated rings. The molecule has 3 aromatic rings. The second-order valence-electron chi connectivity index (χ2n) is 5.09. The molecule has 0 aliphatic carbocycles. The average molecular weight is 357 g/mol. The largest absolute Gasteiger partial charge is 0.351 e. The number of amides is 1. The summed E-state index contributed by atoms with van der Waals surface area (Å²) in [5.41, 5.74) is 0.776. The van der Waals surface area contributed by atoms with E-state index < -0.39 is 0 Å². The van der Waals surface area contributed by atoms with Crippen LogP contribution in [0.25, 0.3) is 10.9 Å². The molecule has 2 aromatic carbocycles. The fourth-order valence-electron chi connectivity index (χ4n) is 2.26. The summed E-state index contributed by atoms with van der Waals surface area (Å²) in [6.45, 7) is 0.557. The third-order valence-corrected chi connectivity index (χ3v) is 4.62. The predicted molar refractivity (Wildman–Crippen MR) is 99.3 cm³/mol. The Bertz CT molecular complexity index is 980. The molecule has 24 heavy (non-hydrogen) atoms. The number of carbonyl (C=O) groups is 1. The molecule has 1 aromatic heterocycles. The first kappa shape index (κ1) is 16.5. The molecule has 0 aliphatic rings. The number of nitrogens with one attached hydrogen (secondary N) is 3. The molecule has 0 aliphatic heterocycles. The van der Waals surface area contributed by atoms with Crippen LogP contribution in [0.1, 0.15) is 10.4 Å². The lowest BCUT2D eigenvalue weighted by molar-refractivity contribution is 0.0956. The van der Waals surface area contributed by atoms with Crippen LogP contribution in [-0.2, 0) is 0 Å². The number of aromatic amines is 2. The molecule has 0 spiro atoms. The molecule has 0 saturated carbocycles. The quantitative estimate of drug-likeness (QED) is 0.372. The van der Waals surface area contributed by atoms with Crippen LogP contribution in [0.15, 0.2) is 58.2 Å². The van der Waals surface area contributed by atoms with Crippen molar-refractivity contribution in [3.8, 4) is 0 Å². The number of hydrogen-bond donors (Lipinski definition) is 3. The average Bonchev–Trinajstić information content (AvgIpc) is 2.58. The second-order valence-corrected chi connectivity index (χ2v) is 6.66. The van der Waals surface area contributed by atoms with Crippen molar-refractivity contribution in [3.05, 3.63) is 69.2 Å². The summed E-state index contributed by atoms with van der Waals surface area (Å²) in [4.78, 5) is 30.6. The van der Waals surface area contributed by atoms with Gasteiger partial charge in [-0.25, -0.2) is 0 Å². The van der Waals surface area contributed by atoms with Crippen molar-refractivity contribution in [1.82, 2.24) is 15.3 Å². The number of H-pyrrole nitrogens is 2. The maximum atomic E-state index is 12.2. The first-order valence-corrected chi connectivity index (χ1v) is 8.75. The molecule has 1 heterocycles. The Kier molecular flexibility index (Phi) is 5.12. The number of rotatable bonds is 5. The van der Waals surface area contributed by atoms with Gasteiger partial charge in [0.15, 0.2) is 4.77 Å². The fourth-order valence-corrected chi connectivity index (χ4v) is 3.26. The standard InChI is InChI=1S/C17H15N3O2S2/c21-15(18-8-9-24-12-4-2-1-3-5-12)11-6-7-13-14(10-11)19-17(23)20-16(13)22/h1-7,10H,8-9H2,(H,18,21)(H2,19,20,22,23). The highest BCUT2D eigenvalue weighted by Crippen LogP contribution is 2.16. The van der Waals surface area contributed by atoms with Gasteiger partial charge in [0.2, 0.25) is 0 Å². The maximum Gasteiger partial charge on any atom is 0.259 e. The summed E-state index contributed by atoms with van der Waals surface area (Å²) < 4.78 is 0.240. The van der Waals surface area contributed by atoms with Crippen LogP contribution in [0.5, 0.6) is 0 Å². The molecule has 7 heteroatoms. The molecule has 0 atom stereocenters. The number of fused-ring (bicyclic) bond motifs is 1. The van der Waals surface area contributed by atoms with Crippen molar-refractivity contribution in [1.29, 1.82) is 0 Å². The van der Waals surface area contributed by atoms with Gasteiger partial charge in [-0.05, 0) is 42.5 Å². The zero-order valence-corrected chi connectivity index (χ0v) is 14.3. The van der Waals surface area contributed by atoms with Gasteiger partial charge in [-0.15, -0.1) is 11.8 Å². The summed E-state index contributed by atoms with van der Waals surface area (Å²) in [7, 11) is 0. The lowest BCUT2D eigenvalue weighted by Gasteiger charge is -2.06. The Labute approximate surface area is 147 Å². The van der Waals surface area contributed by atoms with Crippen LogP contribution in [0.3, 0.4) is 0 Å². The van der Waals surface area contributed by atoms with E-state index in [2.05, 4.69) is 15.3 Å². The molecular weight excluding hydrogens is 342 g/mol. The summed E-state index contributed by atoms with van der Waals surface area (Å²) in [6, 6.07) is 14.9. The second kappa shape index (κ2) is 7.46. The minimum absolute atomic E-state index is 0.176. The van der Waals surface area contributed by atoms with Gasteiger partial charge in [-0.3, -0.25) is 14.6 Å². The molecule has 0 radical (unpaired) electrons. The number of carbonyl (C=O) groups excluding carboxylic acids is 1. The number of aromatic nitrogens is 2. The van der Waals surface area contributed by atoms with Gasteiger partial charge in [0, 0.05) is 22.8 Å². The minimum atomic E-state index is -0.264. The van der Waals surface area contributed by atoms with E-state index >= 15 is 0 Å². The highest BCUT2D eigenvalue weighted by Gasteiger charge is 2.07. The minimum Gasteiger partial charge on any atom is -0.351 e. The van der Waals surface area contributed by atoms with Gasteiger partial charge in [0.05, 0.1) is 10.9 Å². The van der Waals surface area contributed by atoms with Crippen LogP contribution in [0, 0.1) is 4.77 Å². The van der Waals surface area contributed by atoms with Gasteiger partial charge in [-0.2, -0.15) is 0 Å². The summed E-state index contributed by atoms with van der Waals surface area (Å²) >= 11 is 6.64. The van der Waals surface area contributed by atoms with E-state index in [1.54, 1.807) is 30.0 Å². The molecular formula is C17H15N3O2S2. The third kappa shape index (κ3) is 3.93. The Morgan fingerprint density at radius 1 is 1.12 bits per heavy atom. The van der Waals surface area contributed by atoms with Crippen molar-refractivity contribution in [2.45, 2.75) is 4.90 Å². The van der Waals surface area contributed by atoms with Gasteiger partial charge in [-0.1, -0.05) is 18.2 Å². The van der Waals surface area contributed by atoms with Crippen molar-refractivity contribution < 1.29 is 4.79 Å². The summed E-state index contributed by atoms with van der Waals surface area (Å²) in [6.07, 6.45) is 0. The summed E-state index contributed by atoms with van der Waals surface area (Å²) in [5, 5.41) is 3.35. The smallest absolute Gasteiger partial charge is 0.259 e. The van der Waals surface area contributed by atoms with Crippen molar-refractivity contribution in [3.63, 3.8) is 0 Å². The van der Waals surface area contributed by atoms with Crippen LogP contribution in [0.4, 0.5) is 0 Å². The van der Waals surface area contributed by atoms with E-state index in [1.165, 1.54) is 4.90 Å². The zero-order valence-electron chi connectivity index (χ0n) is 12.7. The molecule has 0 unspecified atom stereocenters. The Morgan fingerprint density at radius 3 is 2.71 bits per heavy atom. The van der Waals surface area contributed by atoms with Gasteiger partial charge in [0.25, 0.3) is 11.5 Å². The monoisotopic (exact) mass is 357 g/mol. The Hall–Kier alpha value is -2.38. The topological polar surface area (TPSA) is 77.8 Å². The van der Waals surface area contributed by atoms with E-state index in [0.717, 1.165) is 5.75 Å². The number of benzene rings is 2. The van der Waals surface area contributed by atoms with E-state index in [1.807, 2.05) is 30.3 Å². The zero-order chi connectivity index (χ0) is 16.9. The highest BCUT2D eigenvalue weighted by atomic mass is 32.2. The molecule has 0 bridgehead atoms. The van der Waals surface area contributed by atoms with Gasteiger partial charge < -0.3 is 10.3 Å². The molecule has 1 amide bonds. The Morgan fingerprint density at radius 2 is 1.92 bits per heavy atom. The molecule has 3 rings (SSSR count). The molecule has 5 nitrogen and oxygen atoms in total. The molecule has 3 N–H and O–H groups in total. The van der Waals surface area contributed by atoms with Crippen molar-refractivity contribution >= 4 is 40.8 Å². The first-order valence-electron chi connectivity index (χ1n) is 7.36. The van der Waals surface area contributed by atoms with Crippen LogP contribution >= 0.6 is 24.0 Å². The van der Waals surface area contributed by atoms with Crippen LogP contribution in [0.2, 0.25) is 0 Å². The Balaban J connectivity index is 1.64. The van der Waals surface area contributed by atoms with Crippen molar-refractivity contribution in [2.24, 2.45) is 0 Å². The lowest BCUT2D eigenvalue weighted by Crippen LogP contribution is -2.25. The van der Waals surface area contributed by atoms with Gasteiger partial charge >= 0.3 is 0 Å². The van der Waals surface area contributed by atoms with E-state index in [-0.39, 0.29) is 16.2 Å². The van der Waals surface area contributed by atoms with Crippen molar-refractivity contribution in [2.75, 3.05) is 12.3 Å². The molecule has 0 saturated heterocycles. The summed E-state index contributed by atoms with van der Waals surface area (Å²) in [5.74, 6) is 0.607. The predicted octanol–water partition coefficient (Wildman–Crippen LogP) is 3.11. The van der Waals surface area contributed by atoms with E-state index in [4.69, 9.17) is 12.2 Å². The van der Waals surface area contributed by atoms with Crippen LogP contribution < -0.4 is 10.9 Å². The van der Waals surface area contributed by atoms with Gasteiger partial charge in [0.1, 0.15) is 0 Å². The van der Waals surface area contributed by atoms with E-state index in [0.29, 0.717) is 23.0 Å². The normalized spacial score (nSPS) is 10.7. The molecule has 122 valence electrons. The SMILES string of the molecule is O=C(NCCSc1ccccc1)c1ccc2c(=O)[nH]c(=S)[nH]c2c1. The maximum absolute atomic E-state index is 12.2. The van der Waals surface area contributed by atoms with Crippen LogP contribution in [-0.4, -0.2) is 28.2 Å². The van der Waals surface area contributed by atoms with E-state index in [9.17, 15) is 9.59 Å². The lowest BCUT2D eigenvalue weighted by atomic mass is 10.1.